The van der Waals surface area contributed by atoms with Crippen LogP contribution in [0, 0.1) is 5.41 Å². The van der Waals surface area contributed by atoms with E-state index in [9.17, 15) is 0 Å². The molecule has 2 heterocycles. The molecule has 18 heavy (non-hydrogen) atoms. The molecule has 3 rings (SSSR count). The van der Waals surface area contributed by atoms with Crippen molar-refractivity contribution in [2.24, 2.45) is 5.41 Å². The molecule has 0 spiro atoms. The first-order valence-electron chi connectivity index (χ1n) is 6.91. The third-order valence-corrected chi connectivity index (χ3v) is 4.21. The summed E-state index contributed by atoms with van der Waals surface area (Å²) in [6.07, 6.45) is 2.42. The Morgan fingerprint density at radius 1 is 1.11 bits per heavy atom. The lowest BCUT2D eigenvalue weighted by molar-refractivity contribution is 0.123. The molecule has 1 saturated heterocycles. The number of hydrogen-bond donors (Lipinski definition) is 2. The van der Waals surface area contributed by atoms with E-state index in [2.05, 4.69) is 35.8 Å². The number of ether oxygens (including phenoxy) is 1. The topological polar surface area (TPSA) is 33.3 Å². The van der Waals surface area contributed by atoms with E-state index in [1.165, 1.54) is 24.0 Å². The van der Waals surface area contributed by atoms with E-state index in [0.29, 0.717) is 5.41 Å². The molecule has 0 saturated carbocycles. The first-order valence-corrected chi connectivity index (χ1v) is 6.91. The average Bonchev–Trinajstić information content (AvgIpc) is 2.85. The van der Waals surface area contributed by atoms with Crippen LogP contribution in [-0.2, 0) is 13.1 Å². The van der Waals surface area contributed by atoms with Gasteiger partial charge in [0.1, 0.15) is 5.75 Å². The van der Waals surface area contributed by atoms with E-state index >= 15 is 0 Å². The number of hydrogen-bond acceptors (Lipinski definition) is 3. The highest BCUT2D eigenvalue weighted by atomic mass is 16.5. The van der Waals surface area contributed by atoms with Crippen LogP contribution in [-0.4, -0.2) is 19.7 Å². The van der Waals surface area contributed by atoms with Crippen LogP contribution in [0.15, 0.2) is 18.2 Å². The van der Waals surface area contributed by atoms with Crippen LogP contribution in [0.25, 0.3) is 0 Å². The lowest BCUT2D eigenvalue weighted by Crippen LogP contribution is -2.38. The fourth-order valence-corrected chi connectivity index (χ4v) is 2.79. The Balaban J connectivity index is 1.62. The molecular formula is C15H22N2O. The van der Waals surface area contributed by atoms with Gasteiger partial charge in [-0.15, -0.1) is 0 Å². The van der Waals surface area contributed by atoms with Gasteiger partial charge in [-0.1, -0.05) is 13.0 Å². The van der Waals surface area contributed by atoms with Gasteiger partial charge in [-0.05, 0) is 49.2 Å². The standard InChI is InChI=1S/C15H22N2O/c1-15(4-6-16-7-5-15)11-18-14-3-2-12-9-17-10-13(12)8-14/h2-3,8,16-17H,4-7,9-11H2,1H3. The Kier molecular flexibility index (Phi) is 3.27. The molecule has 0 bridgehead atoms. The molecule has 1 aromatic rings. The van der Waals surface area contributed by atoms with E-state index in [1.807, 2.05) is 0 Å². The van der Waals surface area contributed by atoms with E-state index in [-0.39, 0.29) is 0 Å². The number of rotatable bonds is 3. The van der Waals surface area contributed by atoms with Crippen molar-refractivity contribution in [3.05, 3.63) is 29.3 Å². The Bertz CT molecular complexity index is 425. The number of piperidine rings is 1. The van der Waals surface area contributed by atoms with Gasteiger partial charge in [0.2, 0.25) is 0 Å². The minimum atomic E-state index is 0.336. The van der Waals surface area contributed by atoms with Gasteiger partial charge >= 0.3 is 0 Å². The molecular weight excluding hydrogens is 224 g/mol. The Morgan fingerprint density at radius 3 is 2.72 bits per heavy atom. The van der Waals surface area contributed by atoms with Crippen LogP contribution >= 0.6 is 0 Å². The smallest absolute Gasteiger partial charge is 0.119 e. The van der Waals surface area contributed by atoms with E-state index in [4.69, 9.17) is 4.74 Å². The number of fused-ring (bicyclic) bond motifs is 1. The molecule has 2 aliphatic heterocycles. The summed E-state index contributed by atoms with van der Waals surface area (Å²) in [5.74, 6) is 1.03. The van der Waals surface area contributed by atoms with Crippen LogP contribution in [0.5, 0.6) is 5.75 Å². The minimum Gasteiger partial charge on any atom is -0.493 e. The van der Waals surface area contributed by atoms with Gasteiger partial charge in [0.25, 0.3) is 0 Å². The second-order valence-electron chi connectivity index (χ2n) is 5.88. The number of nitrogens with one attached hydrogen (secondary N) is 2. The molecule has 0 radical (unpaired) electrons. The van der Waals surface area contributed by atoms with Crippen molar-refractivity contribution in [3.63, 3.8) is 0 Å². The van der Waals surface area contributed by atoms with Crippen LogP contribution in [0.2, 0.25) is 0 Å². The van der Waals surface area contributed by atoms with Crippen LogP contribution < -0.4 is 15.4 Å². The third kappa shape index (κ3) is 2.52. The average molecular weight is 246 g/mol. The molecule has 2 N–H and O–H groups in total. The maximum Gasteiger partial charge on any atom is 0.119 e. The molecule has 1 aromatic carbocycles. The van der Waals surface area contributed by atoms with Gasteiger partial charge in [0.05, 0.1) is 6.61 Å². The summed E-state index contributed by atoms with van der Waals surface area (Å²) >= 11 is 0. The largest absolute Gasteiger partial charge is 0.493 e. The fourth-order valence-electron chi connectivity index (χ4n) is 2.79. The second kappa shape index (κ2) is 4.90. The summed E-state index contributed by atoms with van der Waals surface area (Å²) in [5, 5.41) is 6.77. The zero-order chi connectivity index (χ0) is 12.4. The molecule has 0 aliphatic carbocycles. The van der Waals surface area contributed by atoms with Crippen molar-refractivity contribution in [1.82, 2.24) is 10.6 Å². The van der Waals surface area contributed by atoms with E-state index < -0.39 is 0 Å². The van der Waals surface area contributed by atoms with Gasteiger partial charge in [-0.2, -0.15) is 0 Å². The molecule has 2 aliphatic rings. The maximum atomic E-state index is 6.02. The van der Waals surface area contributed by atoms with Gasteiger partial charge in [0, 0.05) is 18.5 Å². The predicted octanol–water partition coefficient (Wildman–Crippen LogP) is 2.06. The summed E-state index contributed by atoms with van der Waals surface area (Å²) in [6, 6.07) is 6.49. The van der Waals surface area contributed by atoms with Crippen LogP contribution in [0.1, 0.15) is 30.9 Å². The molecule has 3 heteroatoms. The van der Waals surface area contributed by atoms with Crippen molar-refractivity contribution in [2.45, 2.75) is 32.9 Å². The first-order chi connectivity index (χ1) is 8.75. The summed E-state index contributed by atoms with van der Waals surface area (Å²) < 4.78 is 6.02. The lowest BCUT2D eigenvalue weighted by atomic mass is 9.82. The quantitative estimate of drug-likeness (QED) is 0.856. The fraction of sp³-hybridized carbons (Fsp3) is 0.600. The summed E-state index contributed by atoms with van der Waals surface area (Å²) in [7, 11) is 0. The van der Waals surface area contributed by atoms with Gasteiger partial charge in [-0.25, -0.2) is 0 Å². The van der Waals surface area contributed by atoms with Crippen LogP contribution in [0.4, 0.5) is 0 Å². The lowest BCUT2D eigenvalue weighted by Gasteiger charge is -2.33. The van der Waals surface area contributed by atoms with Crippen molar-refractivity contribution < 1.29 is 4.74 Å². The van der Waals surface area contributed by atoms with E-state index in [1.54, 1.807) is 0 Å². The summed E-state index contributed by atoms with van der Waals surface area (Å²) in [6.45, 7) is 7.39. The molecule has 0 unspecified atom stereocenters. The van der Waals surface area contributed by atoms with Crippen molar-refractivity contribution in [2.75, 3.05) is 19.7 Å². The van der Waals surface area contributed by atoms with E-state index in [0.717, 1.165) is 38.5 Å². The maximum absolute atomic E-state index is 6.02. The normalized spacial score (nSPS) is 21.6. The second-order valence-corrected chi connectivity index (χ2v) is 5.88. The SMILES string of the molecule is CC1(COc2ccc3c(c2)CNC3)CCNCC1. The van der Waals surface area contributed by atoms with Crippen LogP contribution in [0.3, 0.4) is 0 Å². The summed E-state index contributed by atoms with van der Waals surface area (Å²) in [4.78, 5) is 0. The van der Waals surface area contributed by atoms with Crippen molar-refractivity contribution in [3.8, 4) is 5.75 Å². The molecule has 3 nitrogen and oxygen atoms in total. The van der Waals surface area contributed by atoms with Gasteiger partial charge < -0.3 is 15.4 Å². The van der Waals surface area contributed by atoms with Crippen molar-refractivity contribution in [1.29, 1.82) is 0 Å². The first kappa shape index (κ1) is 12.0. The summed E-state index contributed by atoms with van der Waals surface area (Å²) in [5.41, 5.74) is 3.14. The predicted molar refractivity (Wildman–Crippen MR) is 72.7 cm³/mol. The molecule has 0 amide bonds. The zero-order valence-electron chi connectivity index (χ0n) is 11.1. The monoisotopic (exact) mass is 246 g/mol. The highest BCUT2D eigenvalue weighted by Gasteiger charge is 2.27. The third-order valence-electron chi connectivity index (χ3n) is 4.21. The molecule has 0 atom stereocenters. The Labute approximate surface area is 109 Å². The highest BCUT2D eigenvalue weighted by Crippen LogP contribution is 2.29. The van der Waals surface area contributed by atoms with Gasteiger partial charge in [0.15, 0.2) is 0 Å². The molecule has 1 fully saturated rings. The van der Waals surface area contributed by atoms with Crippen molar-refractivity contribution >= 4 is 0 Å². The number of benzene rings is 1. The Morgan fingerprint density at radius 2 is 1.89 bits per heavy atom. The Hall–Kier alpha value is -1.06. The molecule has 0 aromatic heterocycles. The highest BCUT2D eigenvalue weighted by molar-refractivity contribution is 5.37. The van der Waals surface area contributed by atoms with Gasteiger partial charge in [-0.3, -0.25) is 0 Å². The minimum absolute atomic E-state index is 0.336. The molecule has 98 valence electrons. The zero-order valence-corrected chi connectivity index (χ0v) is 11.1.